The molecule has 0 aromatic heterocycles. The lowest BCUT2D eigenvalue weighted by Gasteiger charge is -2.13. The van der Waals surface area contributed by atoms with Gasteiger partial charge in [0.05, 0.1) is 0 Å². The number of hydrogen-bond donors (Lipinski definition) is 2. The van der Waals surface area contributed by atoms with E-state index in [1.54, 1.807) is 24.3 Å². The van der Waals surface area contributed by atoms with Gasteiger partial charge in [0, 0.05) is 6.54 Å². The van der Waals surface area contributed by atoms with Crippen molar-refractivity contribution in [2.24, 2.45) is 5.73 Å². The molecule has 0 aliphatic rings. The average molecular weight is 352 g/mol. The van der Waals surface area contributed by atoms with Gasteiger partial charge in [-0.25, -0.2) is 0 Å². The van der Waals surface area contributed by atoms with Gasteiger partial charge in [-0.05, 0) is 30.2 Å². The molecule has 2 aromatic carbocycles. The summed E-state index contributed by atoms with van der Waals surface area (Å²) in [6.07, 6.45) is -4.38. The van der Waals surface area contributed by atoms with Crippen molar-refractivity contribution < 1.29 is 22.7 Å². The Balaban J connectivity index is 1.86. The lowest BCUT2D eigenvalue weighted by atomic mass is 10.1. The number of nitrogens with two attached hydrogens (primary N) is 1. The molecule has 1 atom stereocenters. The Bertz CT molecular complexity index is 698. The van der Waals surface area contributed by atoms with Crippen LogP contribution in [0.4, 0.5) is 13.2 Å². The fourth-order valence-corrected chi connectivity index (χ4v) is 2.09. The van der Waals surface area contributed by atoms with Gasteiger partial charge in [0.25, 0.3) is 0 Å². The van der Waals surface area contributed by atoms with Crippen LogP contribution in [-0.2, 0) is 11.3 Å². The molecular weight excluding hydrogens is 333 g/mol. The number of carbonyl (C=O) groups excluding carboxylic acids is 1. The number of ether oxygens (including phenoxy) is 1. The van der Waals surface area contributed by atoms with E-state index < -0.39 is 18.8 Å². The number of alkyl halides is 3. The Morgan fingerprint density at radius 2 is 1.72 bits per heavy atom. The first kappa shape index (κ1) is 18.8. The smallest absolute Gasteiger partial charge is 0.422 e. The van der Waals surface area contributed by atoms with Gasteiger partial charge in [-0.3, -0.25) is 4.79 Å². The molecule has 0 aliphatic carbocycles. The molecule has 2 aromatic rings. The Morgan fingerprint density at radius 3 is 2.28 bits per heavy atom. The highest BCUT2D eigenvalue weighted by Gasteiger charge is 2.28. The van der Waals surface area contributed by atoms with Gasteiger partial charge in [0.1, 0.15) is 11.8 Å². The summed E-state index contributed by atoms with van der Waals surface area (Å²) in [5.41, 5.74) is 8.43. The fraction of sp³-hybridized carbons (Fsp3) is 0.278. The molecule has 0 saturated heterocycles. The first-order valence-corrected chi connectivity index (χ1v) is 7.63. The van der Waals surface area contributed by atoms with E-state index in [1.807, 2.05) is 19.1 Å². The summed E-state index contributed by atoms with van der Waals surface area (Å²) in [5.74, 6) is -0.218. The highest BCUT2D eigenvalue weighted by molar-refractivity contribution is 5.82. The maximum absolute atomic E-state index is 12.1. The summed E-state index contributed by atoms with van der Waals surface area (Å²) in [6.45, 7) is 0.823. The number of aryl methyl sites for hydroxylation is 1. The molecule has 7 heteroatoms. The molecule has 2 rings (SSSR count). The van der Waals surface area contributed by atoms with Crippen LogP contribution in [0.25, 0.3) is 0 Å². The number of benzene rings is 2. The third-order valence-electron chi connectivity index (χ3n) is 3.51. The SMILES string of the molecule is Cc1ccc(C(N)C(=O)NCc2ccc(OCC(F)(F)F)cc2)cc1. The number of hydrogen-bond acceptors (Lipinski definition) is 3. The van der Waals surface area contributed by atoms with Crippen LogP contribution < -0.4 is 15.8 Å². The highest BCUT2D eigenvalue weighted by atomic mass is 19.4. The van der Waals surface area contributed by atoms with Gasteiger partial charge in [0.15, 0.2) is 6.61 Å². The van der Waals surface area contributed by atoms with Gasteiger partial charge in [0.2, 0.25) is 5.91 Å². The molecule has 4 nitrogen and oxygen atoms in total. The zero-order valence-electron chi connectivity index (χ0n) is 13.6. The maximum Gasteiger partial charge on any atom is 0.422 e. The van der Waals surface area contributed by atoms with E-state index in [2.05, 4.69) is 10.1 Å². The topological polar surface area (TPSA) is 64.4 Å². The zero-order chi connectivity index (χ0) is 18.4. The summed E-state index contributed by atoms with van der Waals surface area (Å²) in [5, 5.41) is 2.70. The number of nitrogens with one attached hydrogen (secondary N) is 1. The second-order valence-electron chi connectivity index (χ2n) is 5.65. The van der Waals surface area contributed by atoms with Crippen LogP contribution in [0, 0.1) is 6.92 Å². The van der Waals surface area contributed by atoms with Crippen LogP contribution in [0.1, 0.15) is 22.7 Å². The van der Waals surface area contributed by atoms with Crippen LogP contribution >= 0.6 is 0 Å². The molecule has 0 heterocycles. The van der Waals surface area contributed by atoms with Crippen molar-refractivity contribution in [1.82, 2.24) is 5.32 Å². The van der Waals surface area contributed by atoms with Crippen molar-refractivity contribution in [1.29, 1.82) is 0 Å². The van der Waals surface area contributed by atoms with Gasteiger partial charge in [-0.15, -0.1) is 0 Å². The minimum absolute atomic E-state index is 0.115. The van der Waals surface area contributed by atoms with Crippen LogP contribution in [0.15, 0.2) is 48.5 Å². The zero-order valence-corrected chi connectivity index (χ0v) is 13.6. The number of amides is 1. The van der Waals surface area contributed by atoms with E-state index in [1.165, 1.54) is 12.1 Å². The van der Waals surface area contributed by atoms with Crippen LogP contribution in [0.3, 0.4) is 0 Å². The van der Waals surface area contributed by atoms with Crippen molar-refractivity contribution in [2.45, 2.75) is 25.7 Å². The van der Waals surface area contributed by atoms with E-state index in [0.717, 1.165) is 11.1 Å². The summed E-state index contributed by atoms with van der Waals surface area (Å²) in [7, 11) is 0. The number of halogens is 3. The van der Waals surface area contributed by atoms with Gasteiger partial charge < -0.3 is 15.8 Å². The molecule has 3 N–H and O–H groups in total. The highest BCUT2D eigenvalue weighted by Crippen LogP contribution is 2.19. The molecule has 134 valence electrons. The number of rotatable bonds is 6. The van der Waals surface area contributed by atoms with E-state index in [0.29, 0.717) is 5.56 Å². The van der Waals surface area contributed by atoms with Gasteiger partial charge in [-0.2, -0.15) is 13.2 Å². The summed E-state index contributed by atoms with van der Waals surface area (Å²) >= 11 is 0. The largest absolute Gasteiger partial charge is 0.484 e. The summed E-state index contributed by atoms with van der Waals surface area (Å²) in [4.78, 5) is 12.1. The molecule has 0 radical (unpaired) electrons. The molecule has 0 bridgehead atoms. The predicted molar refractivity (Wildman–Crippen MR) is 87.9 cm³/mol. The predicted octanol–water partition coefficient (Wildman–Crippen LogP) is 3.25. The Morgan fingerprint density at radius 1 is 1.12 bits per heavy atom. The van der Waals surface area contributed by atoms with E-state index in [-0.39, 0.29) is 18.2 Å². The minimum atomic E-state index is -4.38. The summed E-state index contributed by atoms with van der Waals surface area (Å²) < 4.78 is 40.9. The molecule has 1 amide bonds. The first-order valence-electron chi connectivity index (χ1n) is 7.63. The molecule has 25 heavy (non-hydrogen) atoms. The lowest BCUT2D eigenvalue weighted by Crippen LogP contribution is -2.33. The molecular formula is C18H19F3N2O2. The van der Waals surface area contributed by atoms with Crippen molar-refractivity contribution in [3.63, 3.8) is 0 Å². The molecule has 0 aliphatic heterocycles. The monoisotopic (exact) mass is 352 g/mol. The van der Waals surface area contributed by atoms with E-state index >= 15 is 0 Å². The van der Waals surface area contributed by atoms with Crippen molar-refractivity contribution in [3.05, 3.63) is 65.2 Å². The normalized spacial score (nSPS) is 12.5. The average Bonchev–Trinajstić information content (AvgIpc) is 2.58. The van der Waals surface area contributed by atoms with Crippen molar-refractivity contribution in [3.8, 4) is 5.75 Å². The van der Waals surface area contributed by atoms with Crippen LogP contribution in [-0.4, -0.2) is 18.7 Å². The van der Waals surface area contributed by atoms with Gasteiger partial charge >= 0.3 is 6.18 Å². The Kier molecular flexibility index (Phi) is 6.03. The minimum Gasteiger partial charge on any atom is -0.484 e. The quantitative estimate of drug-likeness (QED) is 0.839. The third-order valence-corrected chi connectivity index (χ3v) is 3.51. The van der Waals surface area contributed by atoms with Crippen LogP contribution in [0.2, 0.25) is 0 Å². The molecule has 1 unspecified atom stereocenters. The Labute approximate surface area is 143 Å². The second-order valence-corrected chi connectivity index (χ2v) is 5.65. The molecule has 0 saturated carbocycles. The number of carbonyl (C=O) groups is 1. The van der Waals surface area contributed by atoms with E-state index in [9.17, 15) is 18.0 Å². The third kappa shape index (κ3) is 6.11. The van der Waals surface area contributed by atoms with Crippen molar-refractivity contribution in [2.75, 3.05) is 6.61 Å². The first-order chi connectivity index (χ1) is 11.7. The maximum atomic E-state index is 12.1. The summed E-state index contributed by atoms with van der Waals surface area (Å²) in [6, 6.07) is 12.6. The molecule has 0 spiro atoms. The van der Waals surface area contributed by atoms with Gasteiger partial charge in [-0.1, -0.05) is 42.0 Å². The Hall–Kier alpha value is -2.54. The molecule has 0 fully saturated rings. The van der Waals surface area contributed by atoms with E-state index in [4.69, 9.17) is 5.73 Å². The standard InChI is InChI=1S/C18H19F3N2O2/c1-12-2-6-14(7-3-12)16(22)17(24)23-10-13-4-8-15(9-5-13)25-11-18(19,20)21/h2-9,16H,10-11,22H2,1H3,(H,23,24). The fourth-order valence-electron chi connectivity index (χ4n) is 2.09. The van der Waals surface area contributed by atoms with Crippen LogP contribution in [0.5, 0.6) is 5.75 Å². The van der Waals surface area contributed by atoms with Crippen molar-refractivity contribution >= 4 is 5.91 Å². The lowest BCUT2D eigenvalue weighted by molar-refractivity contribution is -0.153. The second kappa shape index (κ2) is 8.02.